The molecule has 1 aromatic heterocycles. The maximum Gasteiger partial charge on any atom is 0.222 e. The molecular weight excluding hydrogens is 214 g/mol. The van der Waals surface area contributed by atoms with E-state index in [-0.39, 0.29) is 5.78 Å². The summed E-state index contributed by atoms with van der Waals surface area (Å²) in [5.41, 5.74) is 1.03. The number of nitrogens with one attached hydrogen (secondary N) is 1. The Balaban J connectivity index is 2.51. The van der Waals surface area contributed by atoms with Crippen LogP contribution in [0.1, 0.15) is 45.7 Å². The Kier molecular flexibility index (Phi) is 5.07. The summed E-state index contributed by atoms with van der Waals surface area (Å²) in [6.07, 6.45) is 2.36. The Bertz CT molecular complexity index is 377. The van der Waals surface area contributed by atoms with E-state index in [1.54, 1.807) is 13.1 Å². The number of rotatable bonds is 6. The molecule has 0 bridgehead atoms. The van der Waals surface area contributed by atoms with Crippen LogP contribution in [0.15, 0.2) is 12.3 Å². The molecule has 0 aliphatic rings. The van der Waals surface area contributed by atoms with Gasteiger partial charge in [0.1, 0.15) is 5.78 Å². The summed E-state index contributed by atoms with van der Waals surface area (Å²) in [5.74, 6) is 1.56. The quantitative estimate of drug-likeness (QED) is 0.823. The molecule has 0 saturated carbocycles. The molecule has 94 valence electrons. The van der Waals surface area contributed by atoms with Gasteiger partial charge in [0.25, 0.3) is 0 Å². The third-order valence-electron chi connectivity index (χ3n) is 2.51. The highest BCUT2D eigenvalue weighted by Gasteiger charge is 2.07. The van der Waals surface area contributed by atoms with Crippen LogP contribution < -0.4 is 5.32 Å². The first-order valence-electron chi connectivity index (χ1n) is 6.05. The third-order valence-corrected chi connectivity index (χ3v) is 2.51. The summed E-state index contributed by atoms with van der Waals surface area (Å²) >= 11 is 0. The predicted molar refractivity (Wildman–Crippen MR) is 69.1 cm³/mol. The zero-order valence-electron chi connectivity index (χ0n) is 11.0. The van der Waals surface area contributed by atoms with E-state index >= 15 is 0 Å². The first kappa shape index (κ1) is 13.6. The van der Waals surface area contributed by atoms with Crippen LogP contribution in [0.5, 0.6) is 0 Å². The molecular formula is C13H21N3O. The van der Waals surface area contributed by atoms with Crippen LogP contribution in [-0.2, 0) is 4.79 Å². The Morgan fingerprint density at radius 1 is 1.41 bits per heavy atom. The lowest BCUT2D eigenvalue weighted by molar-refractivity contribution is -0.117. The third kappa shape index (κ3) is 4.93. The average molecular weight is 235 g/mol. The topological polar surface area (TPSA) is 54.9 Å². The molecule has 4 heteroatoms. The predicted octanol–water partition coefficient (Wildman–Crippen LogP) is 2.63. The summed E-state index contributed by atoms with van der Waals surface area (Å²) in [7, 11) is 0. The minimum atomic E-state index is 0.219. The highest BCUT2D eigenvalue weighted by Crippen LogP contribution is 2.12. The molecule has 0 spiro atoms. The minimum Gasteiger partial charge on any atom is -0.354 e. The first-order chi connectivity index (χ1) is 7.99. The summed E-state index contributed by atoms with van der Waals surface area (Å²) < 4.78 is 0. The summed E-state index contributed by atoms with van der Waals surface area (Å²) in [5, 5.41) is 3.17. The summed E-state index contributed by atoms with van der Waals surface area (Å²) in [6.45, 7) is 8.59. The van der Waals surface area contributed by atoms with Crippen molar-refractivity contribution in [3.05, 3.63) is 18.0 Å². The summed E-state index contributed by atoms with van der Waals surface area (Å²) in [4.78, 5) is 19.5. The van der Waals surface area contributed by atoms with Gasteiger partial charge in [-0.05, 0) is 24.8 Å². The van der Waals surface area contributed by atoms with Gasteiger partial charge in [0.05, 0.1) is 0 Å². The fourth-order valence-electron chi connectivity index (χ4n) is 1.61. The van der Waals surface area contributed by atoms with Crippen LogP contribution in [-0.4, -0.2) is 22.3 Å². The second-order valence-corrected chi connectivity index (χ2v) is 4.85. The van der Waals surface area contributed by atoms with E-state index in [0.717, 1.165) is 12.2 Å². The van der Waals surface area contributed by atoms with Gasteiger partial charge >= 0.3 is 0 Å². The Hall–Kier alpha value is -1.45. The van der Waals surface area contributed by atoms with E-state index in [2.05, 4.69) is 29.1 Å². The van der Waals surface area contributed by atoms with Crippen LogP contribution in [0.3, 0.4) is 0 Å². The van der Waals surface area contributed by atoms with Gasteiger partial charge < -0.3 is 10.1 Å². The number of aromatic nitrogens is 2. The lowest BCUT2D eigenvalue weighted by Crippen LogP contribution is -2.15. The van der Waals surface area contributed by atoms with Crippen molar-refractivity contribution in [2.24, 2.45) is 5.92 Å². The van der Waals surface area contributed by atoms with E-state index in [0.29, 0.717) is 24.2 Å². The van der Waals surface area contributed by atoms with Crippen molar-refractivity contribution in [3.63, 3.8) is 0 Å². The lowest BCUT2D eigenvalue weighted by Gasteiger charge is -2.12. The van der Waals surface area contributed by atoms with Crippen molar-refractivity contribution in [2.45, 2.75) is 40.0 Å². The number of carbonyl (C=O) groups is 1. The molecule has 1 atom stereocenters. The SMILES string of the molecule is CC(=O)C[C@@H](C)CNc1nccc(C(C)C)n1. The van der Waals surface area contributed by atoms with Gasteiger partial charge in [-0.2, -0.15) is 0 Å². The van der Waals surface area contributed by atoms with Crippen molar-refractivity contribution in [2.75, 3.05) is 11.9 Å². The molecule has 0 saturated heterocycles. The molecule has 0 amide bonds. The van der Waals surface area contributed by atoms with Crippen molar-refractivity contribution < 1.29 is 4.79 Å². The van der Waals surface area contributed by atoms with Crippen LogP contribution in [0.25, 0.3) is 0 Å². The normalized spacial score (nSPS) is 12.5. The number of anilines is 1. The Morgan fingerprint density at radius 2 is 2.12 bits per heavy atom. The van der Waals surface area contributed by atoms with Gasteiger partial charge in [-0.1, -0.05) is 20.8 Å². The second kappa shape index (κ2) is 6.33. The number of Topliss-reactive ketones (excluding diaryl/α,β-unsaturated/α-hetero) is 1. The summed E-state index contributed by atoms with van der Waals surface area (Å²) in [6, 6.07) is 1.93. The van der Waals surface area contributed by atoms with Gasteiger partial charge in [0, 0.05) is 24.9 Å². The maximum atomic E-state index is 10.9. The van der Waals surface area contributed by atoms with Crippen LogP contribution >= 0.6 is 0 Å². The number of carbonyl (C=O) groups excluding carboxylic acids is 1. The molecule has 1 aromatic rings. The van der Waals surface area contributed by atoms with E-state index in [1.807, 2.05) is 13.0 Å². The van der Waals surface area contributed by atoms with Crippen molar-refractivity contribution >= 4 is 11.7 Å². The average Bonchev–Trinajstić information content (AvgIpc) is 2.26. The molecule has 0 aliphatic heterocycles. The number of hydrogen-bond acceptors (Lipinski definition) is 4. The van der Waals surface area contributed by atoms with Gasteiger partial charge in [0.2, 0.25) is 5.95 Å². The molecule has 0 aromatic carbocycles. The smallest absolute Gasteiger partial charge is 0.222 e. The molecule has 1 rings (SSSR count). The molecule has 4 nitrogen and oxygen atoms in total. The molecule has 0 unspecified atom stereocenters. The Labute approximate surface area is 103 Å². The first-order valence-corrected chi connectivity index (χ1v) is 6.05. The monoisotopic (exact) mass is 235 g/mol. The molecule has 0 fully saturated rings. The number of hydrogen-bond donors (Lipinski definition) is 1. The minimum absolute atomic E-state index is 0.219. The van der Waals surface area contributed by atoms with Gasteiger partial charge in [-0.3, -0.25) is 0 Å². The van der Waals surface area contributed by atoms with E-state index in [4.69, 9.17) is 0 Å². The van der Waals surface area contributed by atoms with E-state index in [1.165, 1.54) is 0 Å². The van der Waals surface area contributed by atoms with Gasteiger partial charge in [-0.25, -0.2) is 9.97 Å². The molecule has 1 heterocycles. The molecule has 17 heavy (non-hydrogen) atoms. The molecule has 0 aliphatic carbocycles. The van der Waals surface area contributed by atoms with E-state index in [9.17, 15) is 4.79 Å². The van der Waals surface area contributed by atoms with E-state index < -0.39 is 0 Å². The van der Waals surface area contributed by atoms with Crippen LogP contribution in [0, 0.1) is 5.92 Å². The standard InChI is InChI=1S/C13H21N3O/c1-9(2)12-5-6-14-13(16-12)15-8-10(3)7-11(4)17/h5-6,9-10H,7-8H2,1-4H3,(H,14,15,16)/t10-/m1/s1. The lowest BCUT2D eigenvalue weighted by atomic mass is 10.1. The zero-order chi connectivity index (χ0) is 12.8. The fourth-order valence-corrected chi connectivity index (χ4v) is 1.61. The largest absolute Gasteiger partial charge is 0.354 e. The van der Waals surface area contributed by atoms with Crippen LogP contribution in [0.2, 0.25) is 0 Å². The van der Waals surface area contributed by atoms with Crippen LogP contribution in [0.4, 0.5) is 5.95 Å². The van der Waals surface area contributed by atoms with Crippen molar-refractivity contribution in [1.82, 2.24) is 9.97 Å². The fraction of sp³-hybridized carbons (Fsp3) is 0.615. The molecule has 0 radical (unpaired) electrons. The number of nitrogens with zero attached hydrogens (tertiary/aromatic N) is 2. The highest BCUT2D eigenvalue weighted by atomic mass is 16.1. The van der Waals surface area contributed by atoms with Crippen molar-refractivity contribution in [3.8, 4) is 0 Å². The Morgan fingerprint density at radius 3 is 2.71 bits per heavy atom. The highest BCUT2D eigenvalue weighted by molar-refractivity contribution is 5.75. The van der Waals surface area contributed by atoms with Gasteiger partial charge in [-0.15, -0.1) is 0 Å². The zero-order valence-corrected chi connectivity index (χ0v) is 11.0. The van der Waals surface area contributed by atoms with Crippen molar-refractivity contribution in [1.29, 1.82) is 0 Å². The van der Waals surface area contributed by atoms with Gasteiger partial charge in [0.15, 0.2) is 0 Å². The second-order valence-electron chi connectivity index (χ2n) is 4.85. The number of ketones is 1. The molecule has 1 N–H and O–H groups in total. The maximum absolute atomic E-state index is 10.9.